The number of aromatic nitrogens is 2. The maximum Gasteiger partial charge on any atom is 1.00 e. The summed E-state index contributed by atoms with van der Waals surface area (Å²) in [5.41, 5.74) is 5.20. The van der Waals surface area contributed by atoms with Crippen LogP contribution in [0.15, 0.2) is 85.2 Å². The number of carboxylic acid groups (broad SMARTS) is 1. The number of aliphatic carboxylic acids is 1. The summed E-state index contributed by atoms with van der Waals surface area (Å²) >= 11 is 0. The summed E-state index contributed by atoms with van der Waals surface area (Å²) in [5, 5.41) is 12.3. The number of amides is 1. The Morgan fingerprint density at radius 1 is 1.03 bits per heavy atom. The monoisotopic (exact) mass is 517 g/mol. The van der Waals surface area contributed by atoms with Gasteiger partial charge in [0, 0.05) is 18.7 Å². The minimum Gasteiger partial charge on any atom is -0.548 e. The van der Waals surface area contributed by atoms with Crippen LogP contribution in [0.3, 0.4) is 0 Å². The third-order valence-electron chi connectivity index (χ3n) is 7.00. The van der Waals surface area contributed by atoms with E-state index in [4.69, 9.17) is 4.74 Å². The number of ether oxygens (including phenoxy) is 1. The average Bonchev–Trinajstić information content (AvgIpc) is 3.31. The second kappa shape index (κ2) is 12.0. The molecule has 2 heterocycles. The number of carboxylic acids is 1. The van der Waals surface area contributed by atoms with E-state index in [1.54, 1.807) is 13.4 Å². The van der Waals surface area contributed by atoms with Gasteiger partial charge in [-0.2, -0.15) is 0 Å². The zero-order chi connectivity index (χ0) is 25.9. The Labute approximate surface area is 244 Å². The van der Waals surface area contributed by atoms with Crippen LogP contribution in [0.4, 0.5) is 0 Å². The van der Waals surface area contributed by atoms with E-state index in [2.05, 4.69) is 4.98 Å². The Balaban J connectivity index is 0.00000336. The first-order valence-corrected chi connectivity index (χ1v) is 12.2. The quantitative estimate of drug-likeness (QED) is 0.325. The summed E-state index contributed by atoms with van der Waals surface area (Å²) in [4.78, 5) is 32.3. The van der Waals surface area contributed by atoms with Crippen LogP contribution in [0, 0.1) is 6.92 Å². The Bertz CT molecular complexity index is 1380. The fourth-order valence-corrected chi connectivity index (χ4v) is 5.13. The number of fused-ring (bicyclic) bond motifs is 1. The van der Waals surface area contributed by atoms with Crippen molar-refractivity contribution in [1.82, 2.24) is 14.5 Å². The van der Waals surface area contributed by atoms with Crippen molar-refractivity contribution in [2.75, 3.05) is 7.11 Å². The number of nitrogens with zero attached hydrogens (tertiary/aromatic N) is 3. The zero-order valence-electron chi connectivity index (χ0n) is 21.8. The first-order chi connectivity index (χ1) is 18.0. The smallest absolute Gasteiger partial charge is 0.548 e. The topological polar surface area (TPSA) is 87.5 Å². The molecule has 0 radical (unpaired) electrons. The van der Waals surface area contributed by atoms with Crippen molar-refractivity contribution < 1.29 is 49.0 Å². The number of aryl methyl sites for hydroxylation is 1. The second-order valence-electron chi connectivity index (χ2n) is 9.33. The van der Waals surface area contributed by atoms with Crippen molar-refractivity contribution in [2.24, 2.45) is 0 Å². The fraction of sp³-hybridized carbons (Fsp3) is 0.233. The van der Waals surface area contributed by atoms with Gasteiger partial charge in [0.1, 0.15) is 5.75 Å². The van der Waals surface area contributed by atoms with Crippen LogP contribution in [-0.2, 0) is 29.1 Å². The van der Waals surface area contributed by atoms with Gasteiger partial charge in [0.2, 0.25) is 5.91 Å². The Morgan fingerprint density at radius 3 is 2.21 bits per heavy atom. The molecule has 0 bridgehead atoms. The first-order valence-electron chi connectivity index (χ1n) is 12.2. The summed E-state index contributed by atoms with van der Waals surface area (Å²) in [6, 6.07) is 23.7. The summed E-state index contributed by atoms with van der Waals surface area (Å²) in [5.74, 6) is -1.37. The van der Waals surface area contributed by atoms with Gasteiger partial charge in [-0.3, -0.25) is 4.79 Å². The molecule has 1 atom stereocenters. The van der Waals surface area contributed by atoms with E-state index in [1.165, 1.54) is 4.90 Å². The molecule has 8 heteroatoms. The number of hydrogen-bond donors (Lipinski definition) is 0. The van der Waals surface area contributed by atoms with Crippen LogP contribution in [0.1, 0.15) is 39.6 Å². The van der Waals surface area contributed by atoms with Crippen molar-refractivity contribution >= 4 is 11.9 Å². The van der Waals surface area contributed by atoms with Crippen LogP contribution >= 0.6 is 0 Å². The molecule has 0 aliphatic carbocycles. The van der Waals surface area contributed by atoms with E-state index in [9.17, 15) is 14.7 Å². The third-order valence-corrected chi connectivity index (χ3v) is 7.00. The largest absolute Gasteiger partial charge is 1.00 e. The Hall–Kier alpha value is -3.39. The van der Waals surface area contributed by atoms with Crippen LogP contribution in [0.2, 0.25) is 0 Å². The summed E-state index contributed by atoms with van der Waals surface area (Å²) in [7, 11) is 1.64. The molecule has 0 saturated carbocycles. The normalized spacial score (nSPS) is 14.5. The van der Waals surface area contributed by atoms with Crippen LogP contribution < -0.4 is 39.4 Å². The number of imidazole rings is 1. The van der Waals surface area contributed by atoms with Gasteiger partial charge in [-0.05, 0) is 35.2 Å². The minimum absolute atomic E-state index is 0. The molecular formula is C30H28N3NaO4. The minimum atomic E-state index is -1.27. The van der Waals surface area contributed by atoms with Crippen LogP contribution in [0.5, 0.6) is 5.75 Å². The SMILES string of the molecule is COc1ccc(Cn2cnc3c2C[C@@H](C(=O)[O-])N(C(=O)C(c2ccccc2)c2ccccc2)C3)cc1C.[Na+]. The number of hydrogen-bond acceptors (Lipinski definition) is 5. The third kappa shape index (κ3) is 5.55. The van der Waals surface area contributed by atoms with Gasteiger partial charge in [-0.1, -0.05) is 72.8 Å². The molecule has 0 fully saturated rings. The maximum absolute atomic E-state index is 14.0. The standard InChI is InChI=1S/C30H29N3O4.Na/c1-20-15-21(13-14-27(20)37-2)17-32-19-31-24-18-33(26(30(35)36)16-25(24)32)29(34)28(22-9-5-3-6-10-22)23-11-7-4-8-12-23;/h3-15,19,26,28H,16-18H2,1-2H3,(H,35,36);/q;+1/p-1/t26-;/m0./s1. The van der Waals surface area contributed by atoms with Crippen molar-refractivity contribution in [1.29, 1.82) is 0 Å². The molecule has 188 valence electrons. The van der Waals surface area contributed by atoms with Crippen molar-refractivity contribution in [3.05, 3.63) is 119 Å². The summed E-state index contributed by atoms with van der Waals surface area (Å²) < 4.78 is 7.31. The van der Waals surface area contributed by atoms with E-state index in [0.29, 0.717) is 12.2 Å². The van der Waals surface area contributed by atoms with Gasteiger partial charge in [0.15, 0.2) is 0 Å². The molecule has 3 aromatic carbocycles. The van der Waals surface area contributed by atoms with Crippen molar-refractivity contribution in [2.45, 2.75) is 38.4 Å². The Morgan fingerprint density at radius 2 is 1.66 bits per heavy atom. The van der Waals surface area contributed by atoms with Crippen LogP contribution in [-0.4, -0.2) is 39.5 Å². The van der Waals surface area contributed by atoms with Gasteiger partial charge < -0.3 is 24.1 Å². The molecule has 1 aliphatic heterocycles. The molecular weight excluding hydrogens is 489 g/mol. The molecule has 0 unspecified atom stereocenters. The number of rotatable bonds is 7. The molecule has 5 rings (SSSR count). The van der Waals surface area contributed by atoms with Crippen molar-refractivity contribution in [3.63, 3.8) is 0 Å². The van der Waals surface area contributed by atoms with E-state index < -0.39 is 17.9 Å². The Kier molecular flexibility index (Phi) is 8.72. The molecule has 1 amide bonds. The van der Waals surface area contributed by atoms with Gasteiger partial charge in [-0.15, -0.1) is 0 Å². The number of carbonyl (C=O) groups excluding carboxylic acids is 2. The number of methoxy groups -OCH3 is 1. The predicted molar refractivity (Wildman–Crippen MR) is 137 cm³/mol. The molecule has 1 aromatic heterocycles. The van der Waals surface area contributed by atoms with Crippen LogP contribution in [0.25, 0.3) is 0 Å². The summed E-state index contributed by atoms with van der Waals surface area (Å²) in [6.45, 7) is 2.63. The maximum atomic E-state index is 14.0. The zero-order valence-corrected chi connectivity index (χ0v) is 23.8. The van der Waals surface area contributed by atoms with Gasteiger partial charge >= 0.3 is 29.6 Å². The fourth-order valence-electron chi connectivity index (χ4n) is 5.13. The first kappa shape index (κ1) is 27.6. The van der Waals surface area contributed by atoms with Gasteiger partial charge in [0.05, 0.1) is 43.6 Å². The van der Waals surface area contributed by atoms with E-state index in [1.807, 2.05) is 90.4 Å². The molecule has 7 nitrogen and oxygen atoms in total. The molecule has 0 saturated heterocycles. The number of benzene rings is 3. The van der Waals surface area contributed by atoms with E-state index in [-0.39, 0.29) is 48.4 Å². The van der Waals surface area contributed by atoms with Gasteiger partial charge in [-0.25, -0.2) is 4.98 Å². The second-order valence-corrected chi connectivity index (χ2v) is 9.33. The van der Waals surface area contributed by atoms with E-state index in [0.717, 1.165) is 33.7 Å². The average molecular weight is 518 g/mol. The number of carbonyl (C=O) groups is 2. The molecule has 0 spiro atoms. The van der Waals surface area contributed by atoms with Crippen molar-refractivity contribution in [3.8, 4) is 5.75 Å². The molecule has 38 heavy (non-hydrogen) atoms. The molecule has 4 aromatic rings. The molecule has 0 N–H and O–H groups in total. The van der Waals surface area contributed by atoms with E-state index >= 15 is 0 Å². The summed E-state index contributed by atoms with van der Waals surface area (Å²) in [6.07, 6.45) is 1.85. The predicted octanol–water partition coefficient (Wildman–Crippen LogP) is 0.0877. The molecule has 1 aliphatic rings. The van der Waals surface area contributed by atoms with Gasteiger partial charge in [0.25, 0.3) is 0 Å².